The number of rotatable bonds is 8. The lowest BCUT2D eigenvalue weighted by Gasteiger charge is -2.23. The van der Waals surface area contributed by atoms with Crippen molar-refractivity contribution in [2.75, 3.05) is 18.1 Å². The molecule has 2 aromatic carbocycles. The molecule has 1 amide bonds. The Morgan fingerprint density at radius 2 is 1.83 bits per heavy atom. The quantitative estimate of drug-likeness (QED) is 0.652. The predicted molar refractivity (Wildman–Crippen MR) is 117 cm³/mol. The van der Waals surface area contributed by atoms with Crippen molar-refractivity contribution in [2.24, 2.45) is 0 Å². The zero-order valence-corrected chi connectivity index (χ0v) is 17.5. The molecule has 5 nitrogen and oxygen atoms in total. The zero-order chi connectivity index (χ0) is 20.5. The molecule has 1 fully saturated rings. The van der Waals surface area contributed by atoms with Crippen LogP contribution in [-0.2, 0) is 20.7 Å². The fraction of sp³-hybridized carbons (Fsp3) is 0.391. The van der Waals surface area contributed by atoms with Gasteiger partial charge in [0.2, 0.25) is 5.91 Å². The van der Waals surface area contributed by atoms with E-state index in [9.17, 15) is 9.59 Å². The van der Waals surface area contributed by atoms with Crippen LogP contribution in [0, 0.1) is 0 Å². The monoisotopic (exact) mass is 412 g/mol. The Labute approximate surface area is 176 Å². The molecule has 0 aromatic heterocycles. The number of esters is 1. The maximum Gasteiger partial charge on any atom is 0.323 e. The third kappa shape index (κ3) is 6.34. The SMILES string of the molecule is CCOC(=O)C(CCc1ccccc1)NC1CSCC(c2ccccc2)NC1=O. The molecule has 0 radical (unpaired) electrons. The van der Waals surface area contributed by atoms with Gasteiger partial charge < -0.3 is 10.1 Å². The molecular weight excluding hydrogens is 384 g/mol. The molecule has 154 valence electrons. The zero-order valence-electron chi connectivity index (χ0n) is 16.7. The first-order valence-corrected chi connectivity index (χ1v) is 11.2. The predicted octanol–water partition coefficient (Wildman–Crippen LogP) is 3.11. The van der Waals surface area contributed by atoms with Gasteiger partial charge in [0, 0.05) is 11.5 Å². The molecule has 1 saturated heterocycles. The van der Waals surface area contributed by atoms with Crippen molar-refractivity contribution in [2.45, 2.75) is 37.9 Å². The molecule has 1 aliphatic heterocycles. The van der Waals surface area contributed by atoms with Crippen LogP contribution in [0.15, 0.2) is 60.7 Å². The number of ether oxygens (including phenoxy) is 1. The molecule has 3 unspecified atom stereocenters. The second-order valence-corrected chi connectivity index (χ2v) is 8.13. The van der Waals surface area contributed by atoms with Crippen LogP contribution in [0.5, 0.6) is 0 Å². The maximum atomic E-state index is 12.8. The summed E-state index contributed by atoms with van der Waals surface area (Å²) in [7, 11) is 0. The molecule has 2 aromatic rings. The molecular formula is C23H28N2O3S. The summed E-state index contributed by atoms with van der Waals surface area (Å²) in [4.78, 5) is 25.3. The van der Waals surface area contributed by atoms with E-state index in [1.54, 1.807) is 18.7 Å². The summed E-state index contributed by atoms with van der Waals surface area (Å²) in [5.41, 5.74) is 2.26. The van der Waals surface area contributed by atoms with E-state index in [-0.39, 0.29) is 17.9 Å². The molecule has 3 atom stereocenters. The highest BCUT2D eigenvalue weighted by Gasteiger charge is 2.31. The van der Waals surface area contributed by atoms with Gasteiger partial charge in [0.05, 0.1) is 18.7 Å². The van der Waals surface area contributed by atoms with Crippen LogP contribution < -0.4 is 10.6 Å². The Balaban J connectivity index is 1.64. The first-order valence-electron chi connectivity index (χ1n) is 10.1. The average molecular weight is 413 g/mol. The van der Waals surface area contributed by atoms with Gasteiger partial charge in [-0.1, -0.05) is 60.7 Å². The van der Waals surface area contributed by atoms with E-state index in [4.69, 9.17) is 4.74 Å². The van der Waals surface area contributed by atoms with E-state index >= 15 is 0 Å². The molecule has 1 aliphatic rings. The number of carbonyl (C=O) groups is 2. The topological polar surface area (TPSA) is 67.4 Å². The Morgan fingerprint density at radius 3 is 2.52 bits per heavy atom. The molecule has 0 aliphatic carbocycles. The summed E-state index contributed by atoms with van der Waals surface area (Å²) in [6.07, 6.45) is 1.32. The second-order valence-electron chi connectivity index (χ2n) is 7.06. The van der Waals surface area contributed by atoms with Crippen LogP contribution in [0.3, 0.4) is 0 Å². The van der Waals surface area contributed by atoms with Crippen LogP contribution in [0.2, 0.25) is 0 Å². The average Bonchev–Trinajstić information content (AvgIpc) is 2.94. The lowest BCUT2D eigenvalue weighted by atomic mass is 10.0. The second kappa shape index (κ2) is 11.0. The van der Waals surface area contributed by atoms with Gasteiger partial charge in [-0.25, -0.2) is 0 Å². The number of nitrogens with one attached hydrogen (secondary N) is 2. The van der Waals surface area contributed by atoms with Crippen LogP contribution >= 0.6 is 11.8 Å². The van der Waals surface area contributed by atoms with Crippen molar-refractivity contribution in [3.05, 3.63) is 71.8 Å². The van der Waals surface area contributed by atoms with Gasteiger partial charge in [0.15, 0.2) is 0 Å². The van der Waals surface area contributed by atoms with Crippen LogP contribution in [0.4, 0.5) is 0 Å². The summed E-state index contributed by atoms with van der Waals surface area (Å²) in [5, 5.41) is 6.39. The van der Waals surface area contributed by atoms with Crippen molar-refractivity contribution >= 4 is 23.6 Å². The molecule has 6 heteroatoms. The van der Waals surface area contributed by atoms with Crippen molar-refractivity contribution in [1.29, 1.82) is 0 Å². The van der Waals surface area contributed by atoms with Gasteiger partial charge in [0.25, 0.3) is 0 Å². The first-order chi connectivity index (χ1) is 14.2. The summed E-state index contributed by atoms with van der Waals surface area (Å²) in [6, 6.07) is 19.0. The molecule has 3 rings (SSSR count). The van der Waals surface area contributed by atoms with Crippen molar-refractivity contribution in [3.8, 4) is 0 Å². The Bertz CT molecular complexity index is 785. The molecule has 0 spiro atoms. The van der Waals surface area contributed by atoms with Gasteiger partial charge >= 0.3 is 5.97 Å². The normalized spacial score (nSPS) is 20.4. The Morgan fingerprint density at radius 1 is 1.14 bits per heavy atom. The molecule has 2 N–H and O–H groups in total. The van der Waals surface area contributed by atoms with Gasteiger partial charge in [-0.05, 0) is 30.9 Å². The summed E-state index contributed by atoms with van der Waals surface area (Å²) >= 11 is 1.71. The van der Waals surface area contributed by atoms with Crippen LogP contribution in [0.1, 0.15) is 30.5 Å². The number of hydrogen-bond donors (Lipinski definition) is 2. The molecule has 0 saturated carbocycles. The fourth-order valence-corrected chi connectivity index (χ4v) is 4.52. The number of carbonyl (C=O) groups excluding carboxylic acids is 2. The van der Waals surface area contributed by atoms with Crippen molar-refractivity contribution in [1.82, 2.24) is 10.6 Å². The highest BCUT2D eigenvalue weighted by Crippen LogP contribution is 2.22. The van der Waals surface area contributed by atoms with E-state index < -0.39 is 12.1 Å². The summed E-state index contributed by atoms with van der Waals surface area (Å²) in [6.45, 7) is 2.12. The van der Waals surface area contributed by atoms with E-state index in [1.165, 1.54) is 0 Å². The number of thioether (sulfide) groups is 1. The van der Waals surface area contributed by atoms with E-state index in [0.717, 1.165) is 23.3 Å². The summed E-state index contributed by atoms with van der Waals surface area (Å²) < 4.78 is 5.25. The highest BCUT2D eigenvalue weighted by atomic mass is 32.2. The third-order valence-corrected chi connectivity index (χ3v) is 6.08. The maximum absolute atomic E-state index is 12.8. The smallest absolute Gasteiger partial charge is 0.323 e. The van der Waals surface area contributed by atoms with Crippen LogP contribution in [0.25, 0.3) is 0 Å². The molecule has 1 heterocycles. The van der Waals surface area contributed by atoms with E-state index in [0.29, 0.717) is 18.8 Å². The lowest BCUT2D eigenvalue weighted by molar-refractivity contribution is -0.146. The van der Waals surface area contributed by atoms with Crippen molar-refractivity contribution < 1.29 is 14.3 Å². The minimum Gasteiger partial charge on any atom is -0.465 e. The van der Waals surface area contributed by atoms with Crippen molar-refractivity contribution in [3.63, 3.8) is 0 Å². The number of hydrogen-bond acceptors (Lipinski definition) is 5. The van der Waals surface area contributed by atoms with Gasteiger partial charge in [-0.2, -0.15) is 11.8 Å². The van der Waals surface area contributed by atoms with Gasteiger partial charge in [0.1, 0.15) is 6.04 Å². The number of amides is 1. The van der Waals surface area contributed by atoms with E-state index in [1.807, 2.05) is 60.7 Å². The number of aryl methyl sites for hydroxylation is 1. The summed E-state index contributed by atoms with van der Waals surface area (Å²) in [5.74, 6) is 1.06. The molecule has 0 bridgehead atoms. The van der Waals surface area contributed by atoms with E-state index in [2.05, 4.69) is 10.6 Å². The third-order valence-electron chi connectivity index (χ3n) is 4.94. The highest BCUT2D eigenvalue weighted by molar-refractivity contribution is 7.99. The minimum absolute atomic E-state index is 0.0223. The fourth-order valence-electron chi connectivity index (χ4n) is 3.39. The Hall–Kier alpha value is -2.31. The molecule has 29 heavy (non-hydrogen) atoms. The lowest BCUT2D eigenvalue weighted by Crippen LogP contribution is -2.52. The minimum atomic E-state index is -0.514. The Kier molecular flexibility index (Phi) is 8.14. The van der Waals surface area contributed by atoms with Gasteiger partial charge in [-0.15, -0.1) is 0 Å². The largest absolute Gasteiger partial charge is 0.465 e. The van der Waals surface area contributed by atoms with Crippen LogP contribution in [-0.4, -0.2) is 42.1 Å². The first kappa shape index (κ1) is 21.4. The standard InChI is InChI=1S/C23H28N2O3S/c1-2-28-23(27)19(14-13-17-9-5-3-6-10-17)24-21-16-29-15-20(25-22(21)26)18-11-7-4-8-12-18/h3-12,19-21,24H,2,13-16H2,1H3,(H,25,26). The van der Waals surface area contributed by atoms with Gasteiger partial charge in [-0.3, -0.25) is 14.9 Å². The number of benzene rings is 2.